The first-order valence-electron chi connectivity index (χ1n) is 13.6. The maximum Gasteiger partial charge on any atom is 0.242 e. The number of nitrogens with one attached hydrogen (secondary N) is 2. The fraction of sp³-hybridized carbons (Fsp3) is 0.571. The molecule has 10 heteroatoms. The maximum absolute atomic E-state index is 13.4. The first kappa shape index (κ1) is 27.5. The number of aromatic nitrogens is 2. The molecule has 0 unspecified atom stereocenters. The molecule has 1 atom stereocenters. The van der Waals surface area contributed by atoms with Crippen molar-refractivity contribution in [1.29, 1.82) is 0 Å². The maximum atomic E-state index is 13.4. The van der Waals surface area contributed by atoms with Gasteiger partial charge in [0.1, 0.15) is 18.5 Å². The number of carbonyl (C=O) groups is 3. The molecule has 1 aromatic carbocycles. The second kappa shape index (κ2) is 12.8. The molecule has 0 radical (unpaired) electrons. The Kier molecular flexibility index (Phi) is 9.25. The van der Waals surface area contributed by atoms with E-state index in [-0.39, 0.29) is 49.3 Å². The predicted octanol–water partition coefficient (Wildman–Crippen LogP) is 2.62. The number of nitrogens with zero attached hydrogens (tertiary/aromatic N) is 3. The molecule has 2 aliphatic rings. The van der Waals surface area contributed by atoms with Crippen molar-refractivity contribution in [2.45, 2.75) is 58.5 Å². The molecule has 2 heterocycles. The van der Waals surface area contributed by atoms with Gasteiger partial charge in [0.2, 0.25) is 17.7 Å². The number of imidazole rings is 1. The quantitative estimate of drug-likeness (QED) is 0.637. The minimum absolute atomic E-state index is 0.0327. The second-order valence-corrected chi connectivity index (χ2v) is 10.3. The minimum atomic E-state index is -0.706. The van der Waals surface area contributed by atoms with Crippen LogP contribution in [0, 0.1) is 11.8 Å². The molecule has 1 saturated carbocycles. The SMILES string of the molecule is COc1ccc2cc1OCCN(C(=O)C1CCCCC1)CC(=O)N[C@H](C(C)C)C(=O)NCCn1ccnc1-2. The fourth-order valence-electron chi connectivity index (χ4n) is 5.16. The van der Waals surface area contributed by atoms with Gasteiger partial charge in [-0.15, -0.1) is 0 Å². The summed E-state index contributed by atoms with van der Waals surface area (Å²) >= 11 is 0. The lowest BCUT2D eigenvalue weighted by atomic mass is 9.88. The number of hydrogen-bond acceptors (Lipinski definition) is 6. The van der Waals surface area contributed by atoms with E-state index >= 15 is 0 Å². The first-order chi connectivity index (χ1) is 18.4. The number of rotatable bonds is 3. The van der Waals surface area contributed by atoms with E-state index in [1.54, 1.807) is 18.2 Å². The Balaban J connectivity index is 1.63. The molecule has 38 heavy (non-hydrogen) atoms. The summed E-state index contributed by atoms with van der Waals surface area (Å²) in [5, 5.41) is 5.80. The summed E-state index contributed by atoms with van der Waals surface area (Å²) in [4.78, 5) is 45.6. The van der Waals surface area contributed by atoms with Gasteiger partial charge in [-0.2, -0.15) is 0 Å². The minimum Gasteiger partial charge on any atom is -0.493 e. The molecule has 2 N–H and O–H groups in total. The second-order valence-electron chi connectivity index (χ2n) is 10.3. The molecule has 0 spiro atoms. The van der Waals surface area contributed by atoms with Crippen molar-refractivity contribution in [2.24, 2.45) is 11.8 Å². The van der Waals surface area contributed by atoms with E-state index in [4.69, 9.17) is 9.47 Å². The smallest absolute Gasteiger partial charge is 0.242 e. The highest BCUT2D eigenvalue weighted by Crippen LogP contribution is 2.32. The Bertz CT molecular complexity index is 1120. The zero-order valence-electron chi connectivity index (χ0n) is 22.6. The number of amides is 3. The lowest BCUT2D eigenvalue weighted by molar-refractivity contribution is -0.141. The van der Waals surface area contributed by atoms with Crippen LogP contribution < -0.4 is 20.1 Å². The third kappa shape index (κ3) is 6.65. The molecule has 0 saturated heterocycles. The average Bonchev–Trinajstić information content (AvgIpc) is 3.39. The molecule has 10 nitrogen and oxygen atoms in total. The van der Waals surface area contributed by atoms with E-state index in [9.17, 15) is 14.4 Å². The van der Waals surface area contributed by atoms with Gasteiger partial charge in [-0.1, -0.05) is 33.1 Å². The summed E-state index contributed by atoms with van der Waals surface area (Å²) in [7, 11) is 1.58. The van der Waals surface area contributed by atoms with Crippen LogP contribution in [0.2, 0.25) is 0 Å². The van der Waals surface area contributed by atoms with E-state index in [1.807, 2.05) is 42.8 Å². The van der Waals surface area contributed by atoms with Crippen LogP contribution in [-0.4, -0.2) is 71.6 Å². The Hall–Kier alpha value is -3.56. The number of benzene rings is 1. The van der Waals surface area contributed by atoms with Crippen LogP contribution in [0.1, 0.15) is 46.0 Å². The molecule has 1 aliphatic carbocycles. The van der Waals surface area contributed by atoms with Crippen molar-refractivity contribution in [1.82, 2.24) is 25.1 Å². The summed E-state index contributed by atoms with van der Waals surface area (Å²) in [6.07, 6.45) is 8.40. The third-order valence-corrected chi connectivity index (χ3v) is 7.27. The molecule has 1 fully saturated rings. The van der Waals surface area contributed by atoms with E-state index < -0.39 is 6.04 Å². The largest absolute Gasteiger partial charge is 0.493 e. The molecule has 1 aliphatic heterocycles. The van der Waals surface area contributed by atoms with Crippen LogP contribution in [0.3, 0.4) is 0 Å². The van der Waals surface area contributed by atoms with E-state index in [0.29, 0.717) is 24.6 Å². The van der Waals surface area contributed by atoms with Crippen molar-refractivity contribution in [3.63, 3.8) is 0 Å². The summed E-state index contributed by atoms with van der Waals surface area (Å²) in [5.74, 6) is 0.986. The number of methoxy groups -OCH3 is 1. The van der Waals surface area contributed by atoms with Crippen molar-refractivity contribution < 1.29 is 23.9 Å². The highest BCUT2D eigenvalue weighted by molar-refractivity contribution is 5.90. The summed E-state index contributed by atoms with van der Waals surface area (Å²) in [6, 6.07) is 4.89. The van der Waals surface area contributed by atoms with E-state index in [1.165, 1.54) is 0 Å². The van der Waals surface area contributed by atoms with Crippen molar-refractivity contribution >= 4 is 17.7 Å². The zero-order chi connectivity index (χ0) is 27.1. The molecule has 1 aromatic heterocycles. The van der Waals surface area contributed by atoms with Crippen LogP contribution in [0.25, 0.3) is 11.4 Å². The average molecular weight is 526 g/mol. The Morgan fingerprint density at radius 1 is 1.16 bits per heavy atom. The Morgan fingerprint density at radius 2 is 1.95 bits per heavy atom. The highest BCUT2D eigenvalue weighted by Gasteiger charge is 2.30. The Morgan fingerprint density at radius 3 is 2.68 bits per heavy atom. The van der Waals surface area contributed by atoms with Crippen LogP contribution in [-0.2, 0) is 20.9 Å². The lowest BCUT2D eigenvalue weighted by Crippen LogP contribution is -2.53. The zero-order valence-corrected chi connectivity index (χ0v) is 22.6. The Labute approximate surface area is 224 Å². The van der Waals surface area contributed by atoms with Gasteiger partial charge in [-0.05, 0) is 37.0 Å². The molecule has 2 aromatic rings. The molecule has 206 valence electrons. The van der Waals surface area contributed by atoms with Crippen LogP contribution in [0.5, 0.6) is 11.5 Å². The van der Waals surface area contributed by atoms with Crippen LogP contribution in [0.4, 0.5) is 0 Å². The first-order valence-corrected chi connectivity index (χ1v) is 13.6. The summed E-state index contributed by atoms with van der Waals surface area (Å²) in [6.45, 7) is 4.96. The highest BCUT2D eigenvalue weighted by atomic mass is 16.5. The van der Waals surface area contributed by atoms with Crippen molar-refractivity contribution in [2.75, 3.05) is 33.4 Å². The number of hydrogen-bond donors (Lipinski definition) is 2. The van der Waals surface area contributed by atoms with E-state index in [0.717, 1.165) is 43.5 Å². The van der Waals surface area contributed by atoms with Gasteiger partial charge in [0, 0.05) is 37.0 Å². The number of carbonyl (C=O) groups excluding carboxylic acids is 3. The van der Waals surface area contributed by atoms with Gasteiger partial charge < -0.3 is 29.6 Å². The third-order valence-electron chi connectivity index (χ3n) is 7.27. The van der Waals surface area contributed by atoms with Crippen LogP contribution >= 0.6 is 0 Å². The van der Waals surface area contributed by atoms with Gasteiger partial charge >= 0.3 is 0 Å². The van der Waals surface area contributed by atoms with Gasteiger partial charge in [0.15, 0.2) is 11.5 Å². The van der Waals surface area contributed by atoms with Gasteiger partial charge in [-0.3, -0.25) is 14.4 Å². The summed E-state index contributed by atoms with van der Waals surface area (Å²) in [5.41, 5.74) is 0.841. The van der Waals surface area contributed by atoms with Crippen LogP contribution in [0.15, 0.2) is 30.6 Å². The number of ether oxygens (including phenoxy) is 2. The normalized spacial score (nSPS) is 20.1. The topological polar surface area (TPSA) is 115 Å². The van der Waals surface area contributed by atoms with Gasteiger partial charge in [0.25, 0.3) is 0 Å². The standard InChI is InChI=1S/C28H39N5O5/c1-19(2)25-27(35)30-12-14-32-13-11-29-26(32)21-9-10-22(37-3)23(17-21)38-16-15-33(18-24(34)31-25)28(36)20-7-5-4-6-8-20/h9-11,13,17,19-20,25H,4-8,12,14-16,18H2,1-3H3,(H,30,35)(H,31,34)/t25-/m1/s1. The molecular weight excluding hydrogens is 486 g/mol. The molecule has 3 amide bonds. The fourth-order valence-corrected chi connectivity index (χ4v) is 5.16. The molecule has 2 bridgehead atoms. The van der Waals surface area contributed by atoms with Gasteiger partial charge in [-0.25, -0.2) is 4.98 Å². The van der Waals surface area contributed by atoms with Gasteiger partial charge in [0.05, 0.1) is 20.2 Å². The number of fused-ring (bicyclic) bond motifs is 4. The van der Waals surface area contributed by atoms with Crippen molar-refractivity contribution in [3.8, 4) is 22.9 Å². The summed E-state index contributed by atoms with van der Waals surface area (Å²) < 4.78 is 13.6. The van der Waals surface area contributed by atoms with E-state index in [2.05, 4.69) is 15.6 Å². The molecule has 4 rings (SSSR count). The predicted molar refractivity (Wildman–Crippen MR) is 143 cm³/mol. The monoisotopic (exact) mass is 525 g/mol. The van der Waals surface area contributed by atoms with Crippen molar-refractivity contribution in [3.05, 3.63) is 30.6 Å². The lowest BCUT2D eigenvalue weighted by Gasteiger charge is -2.30. The molecular formula is C28H39N5O5.